The van der Waals surface area contributed by atoms with Gasteiger partial charge in [-0.2, -0.15) is 0 Å². The summed E-state index contributed by atoms with van der Waals surface area (Å²) < 4.78 is 6.15. The molecule has 1 atom stereocenters. The monoisotopic (exact) mass is 418 g/mol. The van der Waals surface area contributed by atoms with Crippen molar-refractivity contribution in [2.45, 2.75) is 25.0 Å². The van der Waals surface area contributed by atoms with E-state index >= 15 is 0 Å². The number of para-hydroxylation sites is 1. The number of nitro groups is 1. The van der Waals surface area contributed by atoms with Crippen LogP contribution in [0.1, 0.15) is 18.4 Å². The number of ether oxygens (including phenoxy) is 1. The summed E-state index contributed by atoms with van der Waals surface area (Å²) in [5.74, 6) is -0.506. The van der Waals surface area contributed by atoms with Crippen LogP contribution in [-0.2, 0) is 20.7 Å². The fraction of sp³-hybridized carbons (Fsp3) is 0.250. The Hall–Kier alpha value is -3.58. The van der Waals surface area contributed by atoms with E-state index < -0.39 is 10.6 Å². The first-order valence-corrected chi connectivity index (χ1v) is 10.2. The molecule has 1 spiro atoms. The van der Waals surface area contributed by atoms with Gasteiger partial charge in [0, 0.05) is 17.8 Å². The maximum atomic E-state index is 13.5. The second kappa shape index (κ2) is 8.65. The number of amides is 1. The number of carbonyl (C=O) groups is 2. The van der Waals surface area contributed by atoms with Crippen molar-refractivity contribution in [1.82, 2.24) is 0 Å². The number of nitrogens with zero attached hydrogens (tertiary/aromatic N) is 2. The molecule has 2 aromatic carbocycles. The van der Waals surface area contributed by atoms with Gasteiger partial charge in [0.05, 0.1) is 17.4 Å². The maximum Gasteiger partial charge on any atom is 0.269 e. The summed E-state index contributed by atoms with van der Waals surface area (Å²) in [6.07, 6.45) is 8.21. The molecule has 1 amide bonds. The van der Waals surface area contributed by atoms with Crippen LogP contribution >= 0.6 is 0 Å². The van der Waals surface area contributed by atoms with Gasteiger partial charge in [-0.3, -0.25) is 24.6 Å². The number of hydrogen-bond acceptors (Lipinski definition) is 5. The lowest BCUT2D eigenvalue weighted by Crippen LogP contribution is -2.59. The van der Waals surface area contributed by atoms with Crippen LogP contribution in [0.2, 0.25) is 0 Å². The molecule has 2 aromatic rings. The molecule has 1 fully saturated rings. The van der Waals surface area contributed by atoms with Crippen LogP contribution in [0.3, 0.4) is 0 Å². The van der Waals surface area contributed by atoms with Crippen molar-refractivity contribution >= 4 is 23.1 Å². The molecule has 0 aromatic heterocycles. The minimum atomic E-state index is -1.10. The average Bonchev–Trinajstić information content (AvgIpc) is 2.78. The lowest BCUT2D eigenvalue weighted by Gasteiger charge is -2.46. The first-order valence-electron chi connectivity index (χ1n) is 10.2. The Labute approximate surface area is 179 Å². The molecule has 0 bridgehead atoms. The lowest BCUT2D eigenvalue weighted by molar-refractivity contribution is -0.384. The molecule has 1 heterocycles. The molecular formula is C24H22N2O5. The van der Waals surface area contributed by atoms with E-state index in [0.29, 0.717) is 18.5 Å². The first-order chi connectivity index (χ1) is 15.0. The van der Waals surface area contributed by atoms with Crippen LogP contribution < -0.4 is 4.90 Å². The van der Waals surface area contributed by atoms with Crippen molar-refractivity contribution in [2.75, 3.05) is 11.5 Å². The highest BCUT2D eigenvalue weighted by Crippen LogP contribution is 2.36. The Balaban J connectivity index is 1.47. The number of ketones is 1. The van der Waals surface area contributed by atoms with Gasteiger partial charge in [0.15, 0.2) is 11.5 Å². The average molecular weight is 418 g/mol. The standard InChI is InChI=1S/C24H22N2O5/c27-22-13-15-24(16-14-22)25(20-7-2-1-3-8-20)23(28)19(17-31-24)6-4-5-18-9-11-21(12-10-18)26(29)30/h1-3,7-16,19H,4-6,17H2. The number of aryl methyl sites for hydroxylation is 1. The number of rotatable bonds is 6. The van der Waals surface area contributed by atoms with E-state index in [0.717, 1.165) is 12.0 Å². The third-order valence-electron chi connectivity index (χ3n) is 5.59. The molecule has 2 aliphatic rings. The minimum absolute atomic E-state index is 0.0511. The largest absolute Gasteiger partial charge is 0.347 e. The van der Waals surface area contributed by atoms with Crippen LogP contribution in [0.15, 0.2) is 78.9 Å². The van der Waals surface area contributed by atoms with Gasteiger partial charge in [-0.25, -0.2) is 0 Å². The van der Waals surface area contributed by atoms with Crippen LogP contribution in [0.25, 0.3) is 0 Å². The number of anilines is 1. The molecule has 4 rings (SSSR count). The van der Waals surface area contributed by atoms with Crippen molar-refractivity contribution in [2.24, 2.45) is 5.92 Å². The summed E-state index contributed by atoms with van der Waals surface area (Å²) in [4.78, 5) is 37.1. The van der Waals surface area contributed by atoms with Crippen molar-refractivity contribution < 1.29 is 19.2 Å². The topological polar surface area (TPSA) is 89.7 Å². The van der Waals surface area contributed by atoms with Gasteiger partial charge < -0.3 is 4.74 Å². The first kappa shape index (κ1) is 20.7. The number of non-ortho nitro benzene ring substituents is 1. The predicted octanol–water partition coefficient (Wildman–Crippen LogP) is 3.99. The Bertz CT molecular complexity index is 1030. The zero-order valence-electron chi connectivity index (χ0n) is 16.8. The highest BCUT2D eigenvalue weighted by molar-refractivity contribution is 6.03. The lowest BCUT2D eigenvalue weighted by atomic mass is 9.93. The van der Waals surface area contributed by atoms with Crippen molar-refractivity contribution in [3.63, 3.8) is 0 Å². The van der Waals surface area contributed by atoms with E-state index in [-0.39, 0.29) is 29.9 Å². The summed E-state index contributed by atoms with van der Waals surface area (Å²) in [5.41, 5.74) is 0.663. The number of allylic oxidation sites excluding steroid dienone is 2. The molecule has 7 heteroatoms. The summed E-state index contributed by atoms with van der Waals surface area (Å²) in [6.45, 7) is 0.255. The van der Waals surface area contributed by atoms with Gasteiger partial charge in [-0.15, -0.1) is 0 Å². The van der Waals surface area contributed by atoms with Crippen molar-refractivity contribution in [1.29, 1.82) is 0 Å². The Morgan fingerprint density at radius 3 is 2.35 bits per heavy atom. The Morgan fingerprint density at radius 2 is 1.71 bits per heavy atom. The minimum Gasteiger partial charge on any atom is -0.347 e. The van der Waals surface area contributed by atoms with Crippen LogP contribution in [0, 0.1) is 16.0 Å². The fourth-order valence-electron chi connectivity index (χ4n) is 3.93. The van der Waals surface area contributed by atoms with Gasteiger partial charge in [0.2, 0.25) is 5.91 Å². The molecular weight excluding hydrogens is 396 g/mol. The SMILES string of the molecule is O=C1C=CC2(C=C1)OCC(CCCc1ccc([N+](=O)[O-])cc1)C(=O)N2c1ccccc1. The van der Waals surface area contributed by atoms with Gasteiger partial charge in [-0.1, -0.05) is 30.3 Å². The van der Waals surface area contributed by atoms with E-state index in [4.69, 9.17) is 4.74 Å². The van der Waals surface area contributed by atoms with Crippen LogP contribution in [0.5, 0.6) is 0 Å². The van der Waals surface area contributed by atoms with E-state index in [1.807, 2.05) is 30.3 Å². The second-order valence-corrected chi connectivity index (χ2v) is 7.65. The molecule has 0 saturated carbocycles. The number of carbonyl (C=O) groups excluding carboxylic acids is 2. The van der Waals surface area contributed by atoms with Gasteiger partial charge >= 0.3 is 0 Å². The number of hydrogen-bond donors (Lipinski definition) is 0. The van der Waals surface area contributed by atoms with E-state index in [1.54, 1.807) is 29.2 Å². The quantitative estimate of drug-likeness (QED) is 0.523. The number of benzene rings is 2. The van der Waals surface area contributed by atoms with E-state index in [2.05, 4.69) is 0 Å². The molecule has 0 radical (unpaired) electrons. The van der Waals surface area contributed by atoms with Crippen LogP contribution in [-0.4, -0.2) is 28.9 Å². The van der Waals surface area contributed by atoms with Gasteiger partial charge in [0.1, 0.15) is 0 Å². The second-order valence-electron chi connectivity index (χ2n) is 7.65. The predicted molar refractivity (Wildman–Crippen MR) is 115 cm³/mol. The summed E-state index contributed by atoms with van der Waals surface area (Å²) in [6, 6.07) is 15.8. The fourth-order valence-corrected chi connectivity index (χ4v) is 3.93. The highest BCUT2D eigenvalue weighted by Gasteiger charge is 2.46. The molecule has 158 valence electrons. The molecule has 0 N–H and O–H groups in total. The normalized spacial score (nSPS) is 19.7. The third kappa shape index (κ3) is 4.32. The number of nitro benzene ring substituents is 1. The van der Waals surface area contributed by atoms with Crippen LogP contribution in [0.4, 0.5) is 11.4 Å². The third-order valence-corrected chi connectivity index (χ3v) is 5.59. The Kier molecular flexibility index (Phi) is 5.77. The summed E-state index contributed by atoms with van der Waals surface area (Å²) >= 11 is 0. The molecule has 1 aliphatic carbocycles. The molecule has 1 aliphatic heterocycles. The van der Waals surface area contributed by atoms with E-state index in [1.165, 1.54) is 24.3 Å². The van der Waals surface area contributed by atoms with Crippen molar-refractivity contribution in [3.8, 4) is 0 Å². The zero-order valence-corrected chi connectivity index (χ0v) is 16.8. The summed E-state index contributed by atoms with van der Waals surface area (Å²) in [7, 11) is 0. The Morgan fingerprint density at radius 1 is 1.03 bits per heavy atom. The van der Waals surface area contributed by atoms with Gasteiger partial charge in [-0.05, 0) is 61.3 Å². The molecule has 31 heavy (non-hydrogen) atoms. The highest BCUT2D eigenvalue weighted by atomic mass is 16.6. The maximum absolute atomic E-state index is 13.5. The van der Waals surface area contributed by atoms with E-state index in [9.17, 15) is 19.7 Å². The summed E-state index contributed by atoms with van der Waals surface area (Å²) in [5, 5.41) is 10.8. The van der Waals surface area contributed by atoms with Gasteiger partial charge in [0.25, 0.3) is 5.69 Å². The molecule has 7 nitrogen and oxygen atoms in total. The van der Waals surface area contributed by atoms with Crippen molar-refractivity contribution in [3.05, 3.63) is 94.6 Å². The molecule has 1 saturated heterocycles. The molecule has 1 unspecified atom stereocenters. The zero-order chi connectivity index (χ0) is 21.8. The smallest absolute Gasteiger partial charge is 0.269 e.